The van der Waals surface area contributed by atoms with Crippen LogP contribution in [-0.4, -0.2) is 39.8 Å². The van der Waals surface area contributed by atoms with E-state index in [1.54, 1.807) is 0 Å². The average molecular weight is 305 g/mol. The van der Waals surface area contributed by atoms with E-state index in [9.17, 15) is 15.0 Å². The van der Waals surface area contributed by atoms with Crippen LogP contribution in [0.3, 0.4) is 0 Å². The van der Waals surface area contributed by atoms with Crippen molar-refractivity contribution in [2.45, 2.75) is 12.2 Å². The molecule has 2 unspecified atom stereocenters. The zero-order valence-corrected chi connectivity index (χ0v) is 10.7. The summed E-state index contributed by atoms with van der Waals surface area (Å²) in [4.78, 5) is 10.8. The molecule has 1 aromatic carbocycles. The van der Waals surface area contributed by atoms with Crippen LogP contribution < -0.4 is 4.74 Å². The summed E-state index contributed by atoms with van der Waals surface area (Å²) in [7, 11) is 1.37. The predicted molar refractivity (Wildman–Crippen MR) is 64.7 cm³/mol. The molecule has 5 nitrogen and oxygen atoms in total. The molecule has 1 rings (SSSR count). The molecular formula is C11H13BrO5. The maximum Gasteiger partial charge on any atom is 0.335 e. The van der Waals surface area contributed by atoms with Crippen LogP contribution >= 0.6 is 15.9 Å². The fourth-order valence-corrected chi connectivity index (χ4v) is 1.73. The Balaban J connectivity index is 3.12. The number of methoxy groups -OCH3 is 1. The lowest BCUT2D eigenvalue weighted by Crippen LogP contribution is -2.20. The summed E-state index contributed by atoms with van der Waals surface area (Å²) in [6.07, 6.45) is -2.12. The Kier molecular flexibility index (Phi) is 4.92. The minimum Gasteiger partial charge on any atom is -0.496 e. The highest BCUT2D eigenvalue weighted by Crippen LogP contribution is 2.29. The van der Waals surface area contributed by atoms with E-state index in [0.717, 1.165) is 0 Å². The van der Waals surface area contributed by atoms with Gasteiger partial charge in [-0.3, -0.25) is 0 Å². The molecule has 94 valence electrons. The molecule has 3 N–H and O–H groups in total. The number of carboxylic acids is 1. The van der Waals surface area contributed by atoms with Gasteiger partial charge in [-0.2, -0.15) is 0 Å². The van der Waals surface area contributed by atoms with Gasteiger partial charge >= 0.3 is 5.97 Å². The van der Waals surface area contributed by atoms with Crippen molar-refractivity contribution in [1.29, 1.82) is 0 Å². The number of hydrogen-bond acceptors (Lipinski definition) is 4. The van der Waals surface area contributed by atoms with Crippen molar-refractivity contribution in [1.82, 2.24) is 0 Å². The number of alkyl halides is 1. The molecule has 0 aliphatic carbocycles. The van der Waals surface area contributed by atoms with Gasteiger partial charge in [-0.25, -0.2) is 4.79 Å². The van der Waals surface area contributed by atoms with Crippen molar-refractivity contribution >= 4 is 21.9 Å². The van der Waals surface area contributed by atoms with Crippen LogP contribution in [-0.2, 0) is 0 Å². The largest absolute Gasteiger partial charge is 0.496 e. The fourth-order valence-electron chi connectivity index (χ4n) is 1.38. The van der Waals surface area contributed by atoms with Crippen LogP contribution in [0.5, 0.6) is 5.75 Å². The summed E-state index contributed by atoms with van der Waals surface area (Å²) in [6.45, 7) is 0. The van der Waals surface area contributed by atoms with Gasteiger partial charge in [-0.15, -0.1) is 0 Å². The number of aliphatic hydroxyl groups excluding tert-OH is 2. The molecule has 0 aromatic heterocycles. The van der Waals surface area contributed by atoms with Crippen LogP contribution in [0.1, 0.15) is 22.0 Å². The molecular weight excluding hydrogens is 292 g/mol. The summed E-state index contributed by atoms with van der Waals surface area (Å²) in [5, 5.41) is 28.4. The Morgan fingerprint density at radius 3 is 2.59 bits per heavy atom. The lowest BCUT2D eigenvalue weighted by molar-refractivity contribution is 0.0327. The summed E-state index contributed by atoms with van der Waals surface area (Å²) in [6, 6.07) is 4.09. The quantitative estimate of drug-likeness (QED) is 0.711. The SMILES string of the molecule is COc1cc(C(=O)O)ccc1C(O)C(O)CBr. The van der Waals surface area contributed by atoms with Crippen LogP contribution in [0.4, 0.5) is 0 Å². The molecule has 0 aliphatic rings. The first-order valence-electron chi connectivity index (χ1n) is 4.84. The van der Waals surface area contributed by atoms with Gasteiger partial charge in [0.2, 0.25) is 0 Å². The third-order valence-electron chi connectivity index (χ3n) is 2.32. The van der Waals surface area contributed by atoms with Gasteiger partial charge in [-0.05, 0) is 12.1 Å². The first-order chi connectivity index (χ1) is 8.01. The number of carboxylic acid groups (broad SMARTS) is 1. The maximum absolute atomic E-state index is 10.8. The molecule has 0 amide bonds. The molecule has 0 bridgehead atoms. The number of hydrogen-bond donors (Lipinski definition) is 3. The van der Waals surface area contributed by atoms with E-state index < -0.39 is 18.2 Å². The van der Waals surface area contributed by atoms with E-state index in [2.05, 4.69) is 15.9 Å². The van der Waals surface area contributed by atoms with Crippen molar-refractivity contribution in [3.63, 3.8) is 0 Å². The molecule has 17 heavy (non-hydrogen) atoms. The van der Waals surface area contributed by atoms with Gasteiger partial charge in [0.25, 0.3) is 0 Å². The molecule has 0 aliphatic heterocycles. The predicted octanol–water partition coefficient (Wildman–Crippen LogP) is 1.18. The minimum absolute atomic E-state index is 0.0612. The van der Waals surface area contributed by atoms with E-state index in [0.29, 0.717) is 5.56 Å². The van der Waals surface area contributed by atoms with E-state index in [4.69, 9.17) is 9.84 Å². The zero-order chi connectivity index (χ0) is 13.0. The van der Waals surface area contributed by atoms with Gasteiger partial charge in [0.15, 0.2) is 0 Å². The van der Waals surface area contributed by atoms with Crippen molar-refractivity contribution in [3.8, 4) is 5.75 Å². The molecule has 6 heteroatoms. The standard InChI is InChI=1S/C11H13BrO5/c1-17-9-4-6(11(15)16)2-3-7(9)10(14)8(13)5-12/h2-4,8,10,13-14H,5H2,1H3,(H,15,16). The van der Waals surface area contributed by atoms with Crippen LogP contribution in [0.25, 0.3) is 0 Å². The lowest BCUT2D eigenvalue weighted by Gasteiger charge is -2.18. The van der Waals surface area contributed by atoms with Crippen LogP contribution in [0, 0.1) is 0 Å². The molecule has 2 atom stereocenters. The molecule has 0 spiro atoms. The third kappa shape index (κ3) is 3.18. The highest BCUT2D eigenvalue weighted by atomic mass is 79.9. The van der Waals surface area contributed by atoms with Crippen molar-refractivity contribution in [2.24, 2.45) is 0 Å². The number of aromatic carboxylic acids is 1. The average Bonchev–Trinajstić information content (AvgIpc) is 2.35. The smallest absolute Gasteiger partial charge is 0.335 e. The minimum atomic E-state index is -1.13. The topological polar surface area (TPSA) is 87.0 Å². The number of aliphatic hydroxyl groups is 2. The van der Waals surface area contributed by atoms with E-state index >= 15 is 0 Å². The summed E-state index contributed by atoms with van der Waals surface area (Å²) in [5.41, 5.74) is 0.413. The Morgan fingerprint density at radius 1 is 1.47 bits per heavy atom. The van der Waals surface area contributed by atoms with E-state index in [-0.39, 0.29) is 16.6 Å². The van der Waals surface area contributed by atoms with Gasteiger partial charge in [0.05, 0.1) is 18.8 Å². The lowest BCUT2D eigenvalue weighted by atomic mass is 10.0. The normalized spacial score (nSPS) is 14.1. The second-order valence-corrected chi connectivity index (χ2v) is 4.08. The van der Waals surface area contributed by atoms with Crippen molar-refractivity contribution in [3.05, 3.63) is 29.3 Å². The monoisotopic (exact) mass is 304 g/mol. The summed E-state index contributed by atoms with van der Waals surface area (Å²) < 4.78 is 5.00. The second-order valence-electron chi connectivity index (χ2n) is 3.43. The number of benzene rings is 1. The number of rotatable bonds is 5. The van der Waals surface area contributed by atoms with Crippen molar-refractivity contribution < 1.29 is 24.9 Å². The van der Waals surface area contributed by atoms with Crippen LogP contribution in [0.15, 0.2) is 18.2 Å². The number of ether oxygens (including phenoxy) is 1. The van der Waals surface area contributed by atoms with E-state index in [1.165, 1.54) is 25.3 Å². The molecule has 0 saturated carbocycles. The highest BCUT2D eigenvalue weighted by Gasteiger charge is 2.21. The summed E-state index contributed by atoms with van der Waals surface area (Å²) in [5.74, 6) is -0.845. The van der Waals surface area contributed by atoms with Gasteiger partial charge in [0.1, 0.15) is 11.9 Å². The molecule has 0 fully saturated rings. The number of halogens is 1. The molecule has 0 saturated heterocycles. The highest BCUT2D eigenvalue weighted by molar-refractivity contribution is 9.09. The molecule has 0 heterocycles. The van der Waals surface area contributed by atoms with Crippen molar-refractivity contribution in [2.75, 3.05) is 12.4 Å². The first-order valence-corrected chi connectivity index (χ1v) is 5.96. The van der Waals surface area contributed by atoms with Gasteiger partial charge in [-0.1, -0.05) is 22.0 Å². The number of carbonyl (C=O) groups is 1. The zero-order valence-electron chi connectivity index (χ0n) is 9.13. The Morgan fingerprint density at radius 2 is 2.12 bits per heavy atom. The van der Waals surface area contributed by atoms with E-state index in [1.807, 2.05) is 0 Å². The Bertz CT molecular complexity index is 407. The van der Waals surface area contributed by atoms with Crippen LogP contribution in [0.2, 0.25) is 0 Å². The second kappa shape index (κ2) is 6.00. The summed E-state index contributed by atoms with van der Waals surface area (Å²) >= 11 is 3.05. The Labute approximate surface area is 107 Å². The maximum atomic E-state index is 10.8. The first kappa shape index (κ1) is 14.0. The van der Waals surface area contributed by atoms with Gasteiger partial charge < -0.3 is 20.1 Å². The molecule has 0 radical (unpaired) electrons. The fraction of sp³-hybridized carbons (Fsp3) is 0.364. The Hall–Kier alpha value is -1.11. The van der Waals surface area contributed by atoms with Gasteiger partial charge in [0, 0.05) is 10.9 Å². The molecule has 1 aromatic rings. The third-order valence-corrected chi connectivity index (χ3v) is 2.99.